The van der Waals surface area contributed by atoms with Crippen LogP contribution in [0.4, 0.5) is 0 Å². The van der Waals surface area contributed by atoms with Gasteiger partial charge in [0.2, 0.25) is 0 Å². The molecule has 1 heterocycles. The first kappa shape index (κ1) is 6.99. The number of hydrogen-bond acceptors (Lipinski definition) is 4. The predicted octanol–water partition coefficient (Wildman–Crippen LogP) is 2.12. The molecule has 0 aromatic rings. The lowest BCUT2D eigenvalue weighted by Gasteiger charge is -2.09. The maximum atomic E-state index is 4.94. The lowest BCUT2D eigenvalue weighted by Crippen LogP contribution is -2.07. The molecular weight excluding hydrogens is 176 g/mol. The van der Waals surface area contributed by atoms with Crippen molar-refractivity contribution < 1.29 is 0 Å². The van der Waals surface area contributed by atoms with Gasteiger partial charge in [-0.15, -0.1) is 11.8 Å². The largest absolute Gasteiger partial charge is 0.149 e. The van der Waals surface area contributed by atoms with Crippen LogP contribution >= 0.6 is 48.0 Å². The van der Waals surface area contributed by atoms with Gasteiger partial charge in [-0.3, -0.25) is 0 Å². The zero-order valence-corrected chi connectivity index (χ0v) is 7.31. The molecule has 1 fully saturated rings. The summed E-state index contributed by atoms with van der Waals surface area (Å²) in [4.78, 5) is 0. The Morgan fingerprint density at radius 1 is 1.12 bits per heavy atom. The molecule has 1 rings (SSSR count). The van der Waals surface area contributed by atoms with Gasteiger partial charge in [-0.25, -0.2) is 0 Å². The van der Waals surface area contributed by atoms with E-state index in [1.807, 2.05) is 11.8 Å². The van der Waals surface area contributed by atoms with Crippen molar-refractivity contribution >= 4 is 56.4 Å². The highest BCUT2D eigenvalue weighted by Gasteiger charge is 2.09. The van der Waals surface area contributed by atoms with Gasteiger partial charge in [0.25, 0.3) is 0 Å². The van der Waals surface area contributed by atoms with Crippen molar-refractivity contribution in [3.05, 3.63) is 0 Å². The van der Waals surface area contributed by atoms with Crippen LogP contribution in [0.1, 0.15) is 0 Å². The van der Waals surface area contributed by atoms with Gasteiger partial charge in [0.15, 0.2) is 0 Å². The third-order valence-corrected chi connectivity index (χ3v) is 3.92. The van der Waals surface area contributed by atoms with E-state index in [9.17, 15) is 0 Å². The fourth-order valence-corrected chi connectivity index (χ4v) is 3.33. The lowest BCUT2D eigenvalue weighted by molar-refractivity contribution is 2.00. The Kier molecular flexibility index (Phi) is 2.75. The normalized spacial score (nSPS) is 21.5. The van der Waals surface area contributed by atoms with Gasteiger partial charge < -0.3 is 0 Å². The second-order valence-corrected chi connectivity index (χ2v) is 5.02. The first-order chi connectivity index (χ1) is 3.79. The molecule has 0 spiro atoms. The summed E-state index contributed by atoms with van der Waals surface area (Å²) in [5, 5.41) is 0. The van der Waals surface area contributed by atoms with E-state index in [1.54, 1.807) is 11.8 Å². The molecule has 0 unspecified atom stereocenters. The van der Waals surface area contributed by atoms with Gasteiger partial charge >= 0.3 is 0 Å². The highest BCUT2D eigenvalue weighted by Crippen LogP contribution is 2.21. The molecule has 0 nitrogen and oxygen atoms in total. The number of hydrogen-bond donors (Lipinski definition) is 0. The molecule has 0 N–H and O–H groups in total. The Morgan fingerprint density at radius 2 is 1.62 bits per heavy atom. The van der Waals surface area contributed by atoms with E-state index < -0.39 is 0 Å². The van der Waals surface area contributed by atoms with Gasteiger partial charge in [-0.1, -0.05) is 36.2 Å². The van der Waals surface area contributed by atoms with E-state index in [0.29, 0.717) is 0 Å². The SMILES string of the molecule is S=C1CSCC(=S)S1. The van der Waals surface area contributed by atoms with Crippen molar-refractivity contribution in [2.45, 2.75) is 0 Å². The standard InChI is InChI=1S/C4H4S4/c5-3-1-7-2-4(6)8-3/h1-2H2. The minimum atomic E-state index is 1.00. The first-order valence-corrected chi connectivity index (χ1v) is 4.89. The molecule has 0 bridgehead atoms. The van der Waals surface area contributed by atoms with Crippen molar-refractivity contribution in [1.82, 2.24) is 0 Å². The molecule has 1 aliphatic rings. The molecule has 44 valence electrons. The summed E-state index contributed by atoms with van der Waals surface area (Å²) >= 11 is 13.3. The molecule has 1 aliphatic heterocycles. The molecule has 0 atom stereocenters. The third kappa shape index (κ3) is 2.01. The minimum absolute atomic E-state index is 1.00. The van der Waals surface area contributed by atoms with Gasteiger partial charge in [-0.05, 0) is 0 Å². The van der Waals surface area contributed by atoms with Gasteiger partial charge in [0, 0.05) is 11.5 Å². The summed E-state index contributed by atoms with van der Waals surface area (Å²) in [6.07, 6.45) is 0. The summed E-state index contributed by atoms with van der Waals surface area (Å²) in [6.45, 7) is 0. The first-order valence-electron chi connectivity index (χ1n) is 2.10. The number of thiocarbonyl (C=S) groups is 2. The van der Waals surface area contributed by atoms with Crippen LogP contribution < -0.4 is 0 Å². The number of thioether (sulfide) groups is 2. The van der Waals surface area contributed by atoms with Crippen molar-refractivity contribution in [3.8, 4) is 0 Å². The summed E-state index contributed by atoms with van der Waals surface area (Å²) < 4.78 is 2.07. The summed E-state index contributed by atoms with van der Waals surface area (Å²) in [7, 11) is 0. The zero-order chi connectivity index (χ0) is 5.98. The Labute approximate surface area is 67.8 Å². The van der Waals surface area contributed by atoms with Gasteiger partial charge in [0.05, 0.1) is 8.39 Å². The summed E-state index contributed by atoms with van der Waals surface area (Å²) in [6, 6.07) is 0. The van der Waals surface area contributed by atoms with Crippen LogP contribution in [0.25, 0.3) is 0 Å². The monoisotopic (exact) mass is 180 g/mol. The Bertz CT molecular complexity index is 114. The maximum Gasteiger partial charge on any atom is 0.0631 e. The van der Waals surface area contributed by atoms with E-state index in [-0.39, 0.29) is 0 Å². The van der Waals surface area contributed by atoms with Crippen LogP contribution in [0.5, 0.6) is 0 Å². The molecule has 8 heavy (non-hydrogen) atoms. The maximum absolute atomic E-state index is 4.94. The Balaban J connectivity index is 2.45. The minimum Gasteiger partial charge on any atom is -0.149 e. The molecular formula is C4H4S4. The van der Waals surface area contributed by atoms with Crippen LogP contribution in [0.3, 0.4) is 0 Å². The highest BCUT2D eigenvalue weighted by molar-refractivity contribution is 8.41. The van der Waals surface area contributed by atoms with Crippen LogP contribution in [0.15, 0.2) is 0 Å². The molecule has 0 aromatic heterocycles. The molecule has 0 amide bonds. The summed E-state index contributed by atoms with van der Waals surface area (Å²) in [5.41, 5.74) is 0. The molecule has 1 saturated heterocycles. The van der Waals surface area contributed by atoms with E-state index in [2.05, 4.69) is 0 Å². The average Bonchev–Trinajstić information content (AvgIpc) is 1.64. The molecule has 0 aliphatic carbocycles. The highest BCUT2D eigenvalue weighted by atomic mass is 32.2. The van der Waals surface area contributed by atoms with Crippen molar-refractivity contribution in [1.29, 1.82) is 0 Å². The smallest absolute Gasteiger partial charge is 0.0631 e. The van der Waals surface area contributed by atoms with Crippen LogP contribution in [0.2, 0.25) is 0 Å². The Hall–Kier alpha value is 0.880. The quantitative estimate of drug-likeness (QED) is 0.523. The van der Waals surface area contributed by atoms with E-state index in [0.717, 1.165) is 19.9 Å². The van der Waals surface area contributed by atoms with Crippen molar-refractivity contribution in [2.24, 2.45) is 0 Å². The summed E-state index contributed by atoms with van der Waals surface area (Å²) in [5.74, 6) is 2.00. The van der Waals surface area contributed by atoms with E-state index in [4.69, 9.17) is 24.4 Å². The van der Waals surface area contributed by atoms with E-state index in [1.165, 1.54) is 0 Å². The van der Waals surface area contributed by atoms with Crippen LogP contribution in [0, 0.1) is 0 Å². The fraction of sp³-hybridized carbons (Fsp3) is 0.500. The molecule has 0 radical (unpaired) electrons. The molecule has 0 saturated carbocycles. The van der Waals surface area contributed by atoms with Gasteiger partial charge in [-0.2, -0.15) is 0 Å². The molecule has 0 aromatic carbocycles. The predicted molar refractivity (Wildman–Crippen MR) is 50.1 cm³/mol. The van der Waals surface area contributed by atoms with Crippen molar-refractivity contribution in [3.63, 3.8) is 0 Å². The van der Waals surface area contributed by atoms with Crippen molar-refractivity contribution in [2.75, 3.05) is 11.5 Å². The average molecular weight is 180 g/mol. The lowest BCUT2D eigenvalue weighted by atomic mass is 10.9. The zero-order valence-electron chi connectivity index (χ0n) is 4.05. The topological polar surface area (TPSA) is 0 Å². The second-order valence-electron chi connectivity index (χ2n) is 1.34. The van der Waals surface area contributed by atoms with Crippen LogP contribution in [-0.2, 0) is 0 Å². The van der Waals surface area contributed by atoms with E-state index >= 15 is 0 Å². The second kappa shape index (κ2) is 3.15. The third-order valence-electron chi connectivity index (χ3n) is 0.667. The fourth-order valence-electron chi connectivity index (χ4n) is 0.404. The number of rotatable bonds is 0. The Morgan fingerprint density at radius 3 is 1.88 bits per heavy atom. The van der Waals surface area contributed by atoms with Crippen LogP contribution in [-0.4, -0.2) is 19.9 Å². The van der Waals surface area contributed by atoms with Gasteiger partial charge in [0.1, 0.15) is 0 Å². The molecule has 4 heteroatoms.